The van der Waals surface area contributed by atoms with Crippen LogP contribution in [0.5, 0.6) is 0 Å². The van der Waals surface area contributed by atoms with Gasteiger partial charge in [-0.1, -0.05) is 13.8 Å². The van der Waals surface area contributed by atoms with Crippen molar-refractivity contribution in [2.24, 2.45) is 5.92 Å². The predicted molar refractivity (Wildman–Crippen MR) is 52.6 cm³/mol. The van der Waals surface area contributed by atoms with Gasteiger partial charge in [-0.05, 0) is 25.2 Å². The van der Waals surface area contributed by atoms with Crippen molar-refractivity contribution in [2.75, 3.05) is 6.54 Å². The van der Waals surface area contributed by atoms with Crippen molar-refractivity contribution >= 4 is 5.78 Å². The molecule has 1 aliphatic heterocycles. The highest BCUT2D eigenvalue weighted by molar-refractivity contribution is 5.86. The van der Waals surface area contributed by atoms with Gasteiger partial charge in [0.05, 0.1) is 6.04 Å². The highest BCUT2D eigenvalue weighted by Crippen LogP contribution is 2.34. The van der Waals surface area contributed by atoms with E-state index in [-0.39, 0.29) is 6.04 Å². The van der Waals surface area contributed by atoms with Gasteiger partial charge in [-0.25, -0.2) is 0 Å². The average molecular weight is 181 g/mol. The van der Waals surface area contributed by atoms with E-state index in [9.17, 15) is 4.79 Å². The van der Waals surface area contributed by atoms with E-state index in [2.05, 4.69) is 18.7 Å². The number of hydrogen-bond donors (Lipinski definition) is 0. The van der Waals surface area contributed by atoms with Crippen molar-refractivity contribution in [2.45, 2.75) is 51.6 Å². The summed E-state index contributed by atoms with van der Waals surface area (Å²) in [6.45, 7) is 5.44. The summed E-state index contributed by atoms with van der Waals surface area (Å²) in [5, 5.41) is 0. The van der Waals surface area contributed by atoms with Crippen LogP contribution in [0.1, 0.15) is 39.5 Å². The van der Waals surface area contributed by atoms with Gasteiger partial charge in [-0.3, -0.25) is 9.69 Å². The standard InChI is InChI=1S/C11H19NO/c1-8(2)7-10-11(13)5-6-12(10)9-3-4-9/h8-10H,3-7H2,1-2H3. The minimum Gasteiger partial charge on any atom is -0.298 e. The third-order valence-corrected chi connectivity index (χ3v) is 3.10. The van der Waals surface area contributed by atoms with Gasteiger partial charge in [0.2, 0.25) is 0 Å². The van der Waals surface area contributed by atoms with Crippen molar-refractivity contribution < 1.29 is 4.79 Å². The Labute approximate surface area is 80.3 Å². The normalized spacial score (nSPS) is 30.4. The molecule has 1 unspecified atom stereocenters. The molecule has 0 bridgehead atoms. The molecule has 2 aliphatic rings. The molecule has 74 valence electrons. The fourth-order valence-electron chi connectivity index (χ4n) is 2.30. The average Bonchev–Trinajstić information content (AvgIpc) is 2.81. The van der Waals surface area contributed by atoms with Gasteiger partial charge in [0.1, 0.15) is 0 Å². The summed E-state index contributed by atoms with van der Waals surface area (Å²) in [5.41, 5.74) is 0. The lowest BCUT2D eigenvalue weighted by Gasteiger charge is -2.24. The first kappa shape index (κ1) is 9.20. The minimum absolute atomic E-state index is 0.271. The van der Waals surface area contributed by atoms with Crippen LogP contribution in [0, 0.1) is 5.92 Å². The Kier molecular flexibility index (Phi) is 2.41. The van der Waals surface area contributed by atoms with Crippen LogP contribution in [-0.2, 0) is 4.79 Å². The van der Waals surface area contributed by atoms with Gasteiger partial charge in [-0.15, -0.1) is 0 Å². The van der Waals surface area contributed by atoms with Crippen molar-refractivity contribution in [3.8, 4) is 0 Å². The number of likely N-dealkylation sites (tertiary alicyclic amines) is 1. The lowest BCUT2D eigenvalue weighted by atomic mass is 10.0. The van der Waals surface area contributed by atoms with Crippen LogP contribution in [-0.4, -0.2) is 29.3 Å². The number of ketones is 1. The van der Waals surface area contributed by atoms with Crippen LogP contribution in [0.25, 0.3) is 0 Å². The zero-order valence-electron chi connectivity index (χ0n) is 8.62. The number of carbonyl (C=O) groups is 1. The smallest absolute Gasteiger partial charge is 0.151 e. The third kappa shape index (κ3) is 1.93. The molecule has 1 saturated heterocycles. The monoisotopic (exact) mass is 181 g/mol. The fourth-order valence-corrected chi connectivity index (χ4v) is 2.30. The first-order valence-corrected chi connectivity index (χ1v) is 5.47. The number of rotatable bonds is 3. The number of nitrogens with zero attached hydrogens (tertiary/aromatic N) is 1. The third-order valence-electron chi connectivity index (χ3n) is 3.10. The molecule has 2 nitrogen and oxygen atoms in total. The zero-order valence-corrected chi connectivity index (χ0v) is 8.62. The molecule has 2 heteroatoms. The number of hydrogen-bond acceptors (Lipinski definition) is 2. The summed E-state index contributed by atoms with van der Waals surface area (Å²) < 4.78 is 0. The van der Waals surface area contributed by atoms with Gasteiger partial charge >= 0.3 is 0 Å². The summed E-state index contributed by atoms with van der Waals surface area (Å²) in [5.74, 6) is 1.13. The molecule has 0 radical (unpaired) electrons. The number of carbonyl (C=O) groups excluding carboxylic acids is 1. The lowest BCUT2D eigenvalue weighted by Crippen LogP contribution is -2.35. The molecule has 0 aromatic rings. The highest BCUT2D eigenvalue weighted by Gasteiger charge is 2.40. The molecule has 1 heterocycles. The van der Waals surface area contributed by atoms with Gasteiger partial charge in [-0.2, -0.15) is 0 Å². The Morgan fingerprint density at radius 2 is 2.15 bits per heavy atom. The maximum absolute atomic E-state index is 11.6. The van der Waals surface area contributed by atoms with Gasteiger partial charge in [0.15, 0.2) is 5.78 Å². The Hall–Kier alpha value is -0.370. The Morgan fingerprint density at radius 3 is 2.69 bits per heavy atom. The van der Waals surface area contributed by atoms with E-state index in [1.54, 1.807) is 0 Å². The van der Waals surface area contributed by atoms with Crippen LogP contribution < -0.4 is 0 Å². The summed E-state index contributed by atoms with van der Waals surface area (Å²) in [6.07, 6.45) is 4.51. The van der Waals surface area contributed by atoms with E-state index < -0.39 is 0 Å². The van der Waals surface area contributed by atoms with E-state index >= 15 is 0 Å². The largest absolute Gasteiger partial charge is 0.298 e. The summed E-state index contributed by atoms with van der Waals surface area (Å²) in [6, 6.07) is 1.03. The van der Waals surface area contributed by atoms with E-state index in [0.29, 0.717) is 11.7 Å². The van der Waals surface area contributed by atoms with Crippen molar-refractivity contribution in [3.05, 3.63) is 0 Å². The summed E-state index contributed by atoms with van der Waals surface area (Å²) in [4.78, 5) is 14.1. The van der Waals surface area contributed by atoms with E-state index in [1.807, 2.05) is 0 Å². The molecule has 0 spiro atoms. The fraction of sp³-hybridized carbons (Fsp3) is 0.909. The predicted octanol–water partition coefficient (Wildman–Crippen LogP) is 1.84. The molecule has 2 fully saturated rings. The molecule has 0 N–H and O–H groups in total. The topological polar surface area (TPSA) is 20.3 Å². The Morgan fingerprint density at radius 1 is 1.46 bits per heavy atom. The van der Waals surface area contributed by atoms with Crippen molar-refractivity contribution in [3.63, 3.8) is 0 Å². The van der Waals surface area contributed by atoms with Crippen LogP contribution in [0.4, 0.5) is 0 Å². The molecule has 0 amide bonds. The quantitative estimate of drug-likeness (QED) is 0.662. The molecule has 1 atom stereocenters. The van der Waals surface area contributed by atoms with E-state index in [1.165, 1.54) is 12.8 Å². The Balaban J connectivity index is 1.98. The van der Waals surface area contributed by atoms with Crippen molar-refractivity contribution in [1.82, 2.24) is 4.90 Å². The minimum atomic E-state index is 0.271. The summed E-state index contributed by atoms with van der Waals surface area (Å²) in [7, 11) is 0. The molecule has 1 saturated carbocycles. The van der Waals surface area contributed by atoms with Crippen LogP contribution in [0.15, 0.2) is 0 Å². The highest BCUT2D eigenvalue weighted by atomic mass is 16.1. The van der Waals surface area contributed by atoms with Gasteiger partial charge in [0.25, 0.3) is 0 Å². The van der Waals surface area contributed by atoms with E-state index in [0.717, 1.165) is 25.4 Å². The molecule has 0 aromatic carbocycles. The number of Topliss-reactive ketones (excluding diaryl/α,β-unsaturated/α-hetero) is 1. The second kappa shape index (κ2) is 3.41. The van der Waals surface area contributed by atoms with Crippen molar-refractivity contribution in [1.29, 1.82) is 0 Å². The maximum atomic E-state index is 11.6. The molecular weight excluding hydrogens is 162 g/mol. The zero-order chi connectivity index (χ0) is 9.42. The SMILES string of the molecule is CC(C)CC1C(=O)CCN1C1CC1. The summed E-state index contributed by atoms with van der Waals surface area (Å²) >= 11 is 0. The molecule has 13 heavy (non-hydrogen) atoms. The second-order valence-electron chi connectivity index (χ2n) is 4.83. The molecule has 2 rings (SSSR count). The Bertz CT molecular complexity index is 208. The van der Waals surface area contributed by atoms with E-state index in [4.69, 9.17) is 0 Å². The maximum Gasteiger partial charge on any atom is 0.151 e. The van der Waals surface area contributed by atoms with Crippen LogP contribution in [0.3, 0.4) is 0 Å². The molecular formula is C11H19NO. The lowest BCUT2D eigenvalue weighted by molar-refractivity contribution is -0.120. The van der Waals surface area contributed by atoms with Gasteiger partial charge in [0, 0.05) is 19.0 Å². The second-order valence-corrected chi connectivity index (χ2v) is 4.83. The van der Waals surface area contributed by atoms with Crippen LogP contribution >= 0.6 is 0 Å². The van der Waals surface area contributed by atoms with Gasteiger partial charge < -0.3 is 0 Å². The first-order chi connectivity index (χ1) is 6.18. The molecule has 0 aromatic heterocycles. The van der Waals surface area contributed by atoms with Crippen LogP contribution in [0.2, 0.25) is 0 Å². The molecule has 1 aliphatic carbocycles. The first-order valence-electron chi connectivity index (χ1n) is 5.47.